The normalized spacial score (nSPS) is 22.3. The molecule has 9 heteroatoms. The Bertz CT molecular complexity index is 1040. The number of nitrogens with one attached hydrogen (secondary N) is 2. The molecule has 148 valence electrons. The molecule has 0 radical (unpaired) electrons. The molecule has 2 aromatic carbocycles. The topological polar surface area (TPSA) is 75.1 Å². The zero-order chi connectivity index (χ0) is 20.0. The van der Waals surface area contributed by atoms with Gasteiger partial charge in [-0.25, -0.2) is 23.2 Å². The summed E-state index contributed by atoms with van der Waals surface area (Å²) in [6.45, 7) is 1.28. The van der Waals surface area contributed by atoms with E-state index in [4.69, 9.17) is 0 Å². The number of nitrogens with zero attached hydrogens (tertiary/aromatic N) is 4. The Hall–Kier alpha value is -3.49. The second-order valence-corrected chi connectivity index (χ2v) is 7.34. The number of aromatic nitrogens is 3. The van der Waals surface area contributed by atoms with Crippen LogP contribution in [0.4, 0.5) is 25.0 Å². The van der Waals surface area contributed by atoms with Gasteiger partial charge in [-0.15, -0.1) is 0 Å². The van der Waals surface area contributed by atoms with Crippen LogP contribution in [0.25, 0.3) is 5.69 Å². The average molecular weight is 396 g/mol. The van der Waals surface area contributed by atoms with E-state index in [0.717, 1.165) is 11.8 Å². The maximum Gasteiger partial charge on any atom is 0.319 e. The molecule has 2 aliphatic rings. The number of carbonyl (C=O) groups is 1. The zero-order valence-electron chi connectivity index (χ0n) is 15.3. The van der Waals surface area contributed by atoms with Crippen molar-refractivity contribution in [2.45, 2.75) is 6.04 Å². The molecule has 29 heavy (non-hydrogen) atoms. The second kappa shape index (κ2) is 6.84. The first-order chi connectivity index (χ1) is 14.1. The van der Waals surface area contributed by atoms with Gasteiger partial charge in [-0.1, -0.05) is 6.07 Å². The zero-order valence-corrected chi connectivity index (χ0v) is 15.3. The number of anilines is 2. The minimum atomic E-state index is -0.584. The highest BCUT2D eigenvalue weighted by Gasteiger charge is 2.56. The summed E-state index contributed by atoms with van der Waals surface area (Å²) in [7, 11) is 0. The van der Waals surface area contributed by atoms with Crippen molar-refractivity contribution in [1.29, 1.82) is 0 Å². The van der Waals surface area contributed by atoms with Gasteiger partial charge in [-0.05, 0) is 30.3 Å². The maximum absolute atomic E-state index is 14.0. The highest BCUT2D eigenvalue weighted by molar-refractivity contribution is 5.90. The monoisotopic (exact) mass is 396 g/mol. The van der Waals surface area contributed by atoms with Crippen molar-refractivity contribution in [1.82, 2.24) is 20.1 Å². The summed E-state index contributed by atoms with van der Waals surface area (Å²) in [5.41, 5.74) is 1.85. The van der Waals surface area contributed by atoms with Gasteiger partial charge in [0.05, 0.1) is 11.4 Å². The van der Waals surface area contributed by atoms with E-state index in [0.29, 0.717) is 24.5 Å². The molecule has 0 bridgehead atoms. The predicted octanol–water partition coefficient (Wildman–Crippen LogP) is 2.80. The molecule has 2 fully saturated rings. The number of hydrogen-bond acceptors (Lipinski definition) is 4. The van der Waals surface area contributed by atoms with Crippen LogP contribution >= 0.6 is 0 Å². The van der Waals surface area contributed by atoms with Crippen molar-refractivity contribution in [3.8, 4) is 5.69 Å². The van der Waals surface area contributed by atoms with Crippen molar-refractivity contribution >= 4 is 17.4 Å². The molecule has 2 amide bonds. The third-order valence-electron chi connectivity index (χ3n) is 5.53. The average Bonchev–Trinajstić information content (AvgIpc) is 3.13. The Morgan fingerprint density at radius 2 is 1.93 bits per heavy atom. The fourth-order valence-electron chi connectivity index (χ4n) is 4.06. The van der Waals surface area contributed by atoms with Crippen LogP contribution in [-0.4, -0.2) is 39.9 Å². The van der Waals surface area contributed by atoms with E-state index >= 15 is 0 Å². The Morgan fingerprint density at radius 1 is 1.10 bits per heavy atom. The number of hydrogen-bond donors (Lipinski definition) is 2. The van der Waals surface area contributed by atoms with Crippen molar-refractivity contribution in [3.05, 3.63) is 66.8 Å². The van der Waals surface area contributed by atoms with Crippen LogP contribution in [0, 0.1) is 23.5 Å². The number of halogens is 2. The molecule has 3 aromatic rings. The lowest BCUT2D eigenvalue weighted by Gasteiger charge is -2.23. The molecule has 3 atom stereocenters. The van der Waals surface area contributed by atoms with Crippen LogP contribution in [0.3, 0.4) is 0 Å². The van der Waals surface area contributed by atoms with Crippen LogP contribution in [0.5, 0.6) is 0 Å². The van der Waals surface area contributed by atoms with Gasteiger partial charge in [0, 0.05) is 42.7 Å². The number of piperidine rings is 1. The lowest BCUT2D eigenvalue weighted by Crippen LogP contribution is -2.37. The largest absolute Gasteiger partial charge is 0.368 e. The molecule has 2 heterocycles. The molecule has 1 saturated carbocycles. The number of carbonyl (C=O) groups excluding carboxylic acids is 1. The van der Waals surface area contributed by atoms with Crippen molar-refractivity contribution in [2.24, 2.45) is 11.8 Å². The van der Waals surface area contributed by atoms with E-state index in [9.17, 15) is 13.6 Å². The molecule has 0 spiro atoms. The minimum absolute atomic E-state index is 0.0632. The van der Waals surface area contributed by atoms with Gasteiger partial charge in [-0.3, -0.25) is 0 Å². The van der Waals surface area contributed by atoms with Crippen LogP contribution in [0.1, 0.15) is 0 Å². The molecule has 1 aliphatic heterocycles. The van der Waals surface area contributed by atoms with Crippen LogP contribution in [-0.2, 0) is 0 Å². The number of urea groups is 1. The van der Waals surface area contributed by atoms with Gasteiger partial charge in [0.1, 0.15) is 24.3 Å². The molecular formula is C20H18F2N6O. The number of amides is 2. The van der Waals surface area contributed by atoms with Gasteiger partial charge in [0.25, 0.3) is 0 Å². The molecule has 1 aliphatic carbocycles. The van der Waals surface area contributed by atoms with Crippen LogP contribution < -0.4 is 15.5 Å². The summed E-state index contributed by atoms with van der Waals surface area (Å²) in [6, 6.07) is 10.7. The third-order valence-corrected chi connectivity index (χ3v) is 5.53. The predicted molar refractivity (Wildman–Crippen MR) is 103 cm³/mol. The fourth-order valence-corrected chi connectivity index (χ4v) is 4.06. The molecule has 7 nitrogen and oxygen atoms in total. The van der Waals surface area contributed by atoms with E-state index in [1.807, 2.05) is 17.0 Å². The summed E-state index contributed by atoms with van der Waals surface area (Å²) in [6.07, 6.45) is 3.03. The first kappa shape index (κ1) is 17.6. The Morgan fingerprint density at radius 3 is 2.66 bits per heavy atom. The Kier molecular flexibility index (Phi) is 4.15. The van der Waals surface area contributed by atoms with Gasteiger partial charge >= 0.3 is 6.03 Å². The van der Waals surface area contributed by atoms with Crippen molar-refractivity contribution in [3.63, 3.8) is 0 Å². The van der Waals surface area contributed by atoms with E-state index in [1.54, 1.807) is 23.1 Å². The van der Waals surface area contributed by atoms with E-state index in [-0.39, 0.29) is 23.9 Å². The summed E-state index contributed by atoms with van der Waals surface area (Å²) >= 11 is 0. The molecule has 1 unspecified atom stereocenters. The third kappa shape index (κ3) is 3.39. The van der Waals surface area contributed by atoms with Gasteiger partial charge < -0.3 is 15.5 Å². The molecular weight excluding hydrogens is 378 g/mol. The van der Waals surface area contributed by atoms with Gasteiger partial charge in [0.2, 0.25) is 0 Å². The minimum Gasteiger partial charge on any atom is -0.368 e. The number of rotatable bonds is 4. The van der Waals surface area contributed by atoms with Gasteiger partial charge in [0.15, 0.2) is 0 Å². The van der Waals surface area contributed by atoms with Crippen LogP contribution in [0.15, 0.2) is 55.1 Å². The fraction of sp³-hybridized carbons (Fsp3) is 0.250. The molecule has 1 saturated heterocycles. The summed E-state index contributed by atoms with van der Waals surface area (Å²) in [5.74, 6) is -0.598. The lowest BCUT2D eigenvalue weighted by molar-refractivity contribution is 0.250. The van der Waals surface area contributed by atoms with Crippen LogP contribution in [0.2, 0.25) is 0 Å². The van der Waals surface area contributed by atoms with E-state index in [2.05, 4.69) is 20.7 Å². The van der Waals surface area contributed by atoms with Crippen molar-refractivity contribution in [2.75, 3.05) is 23.3 Å². The highest BCUT2D eigenvalue weighted by Crippen LogP contribution is 2.47. The highest BCUT2D eigenvalue weighted by atomic mass is 19.1. The first-order valence-electron chi connectivity index (χ1n) is 9.31. The summed E-state index contributed by atoms with van der Waals surface area (Å²) in [5, 5.41) is 9.90. The lowest BCUT2D eigenvalue weighted by atomic mass is 10.2. The smallest absolute Gasteiger partial charge is 0.319 e. The van der Waals surface area contributed by atoms with Gasteiger partial charge in [-0.2, -0.15) is 5.10 Å². The van der Waals surface area contributed by atoms with E-state index < -0.39 is 11.6 Å². The summed E-state index contributed by atoms with van der Waals surface area (Å²) in [4.78, 5) is 18.2. The molecule has 1 aromatic heterocycles. The maximum atomic E-state index is 14.0. The number of fused-ring (bicyclic) bond motifs is 1. The Balaban J connectivity index is 1.17. The van der Waals surface area contributed by atoms with E-state index in [1.165, 1.54) is 18.5 Å². The SMILES string of the molecule is O=C(Nc1cccc(-n2cncn2)c1)NC1[C@H]2CN(c3ccc(F)cc3F)C[C@@H]12. The first-order valence-corrected chi connectivity index (χ1v) is 9.31. The summed E-state index contributed by atoms with van der Waals surface area (Å²) < 4.78 is 28.7. The van der Waals surface area contributed by atoms with Crippen molar-refractivity contribution < 1.29 is 13.6 Å². The molecule has 2 N–H and O–H groups in total. The standard InChI is InChI=1S/C20H18F2N6O/c21-12-4-5-18(17(22)6-12)27-8-15-16(9-27)19(15)26-20(29)25-13-2-1-3-14(7-13)28-11-23-10-24-28/h1-7,10-11,15-16,19H,8-9H2,(H2,25,26,29)/t15-,16+,19?. The Labute approximate surface area is 165 Å². The number of benzene rings is 2. The quantitative estimate of drug-likeness (QED) is 0.711. The second-order valence-electron chi connectivity index (χ2n) is 7.34. The molecule has 5 rings (SSSR count).